The van der Waals surface area contributed by atoms with Crippen LogP contribution in [0.2, 0.25) is 5.02 Å². The molecule has 2 aromatic carbocycles. The van der Waals surface area contributed by atoms with Gasteiger partial charge in [0.25, 0.3) is 0 Å². The van der Waals surface area contributed by atoms with Crippen LogP contribution < -0.4 is 4.90 Å². The van der Waals surface area contributed by atoms with Crippen LogP contribution in [-0.2, 0) is 25.8 Å². The molecule has 7 nitrogen and oxygen atoms in total. The highest BCUT2D eigenvalue weighted by molar-refractivity contribution is 7.91. The van der Waals surface area contributed by atoms with Gasteiger partial charge in [0, 0.05) is 37.5 Å². The number of nitrogens with zero attached hydrogens (tertiary/aromatic N) is 3. The zero-order valence-corrected chi connectivity index (χ0v) is 20.0. The van der Waals surface area contributed by atoms with Crippen LogP contribution in [0.25, 0.3) is 10.2 Å². The molecule has 10 heteroatoms. The minimum Gasteiger partial charge on any atom is -0.379 e. The third-order valence-corrected chi connectivity index (χ3v) is 7.89. The summed E-state index contributed by atoms with van der Waals surface area (Å²) in [7, 11) is -3.44. The summed E-state index contributed by atoms with van der Waals surface area (Å²) < 4.78 is 30.6. The smallest absolute Gasteiger partial charge is 0.233 e. The molecule has 0 saturated carbocycles. The van der Waals surface area contributed by atoms with Gasteiger partial charge in [-0.15, -0.1) is 0 Å². The molecule has 0 N–H and O–H groups in total. The first-order valence-electron chi connectivity index (χ1n) is 10.3. The summed E-state index contributed by atoms with van der Waals surface area (Å²) in [6.07, 6.45) is 1.30. The number of rotatable bonds is 7. The third kappa shape index (κ3) is 5.29. The second kappa shape index (κ2) is 9.84. The monoisotopic (exact) mass is 493 g/mol. The first kappa shape index (κ1) is 23.1. The summed E-state index contributed by atoms with van der Waals surface area (Å²) in [4.78, 5) is 22.0. The van der Waals surface area contributed by atoms with Gasteiger partial charge >= 0.3 is 0 Å². The van der Waals surface area contributed by atoms with E-state index >= 15 is 0 Å². The number of aromatic nitrogens is 1. The molecule has 2 heterocycles. The van der Waals surface area contributed by atoms with Gasteiger partial charge in [0.05, 0.1) is 29.2 Å². The molecule has 1 saturated heterocycles. The Kier molecular flexibility index (Phi) is 7.11. The lowest BCUT2D eigenvalue weighted by molar-refractivity contribution is -0.118. The molecule has 1 amide bonds. The van der Waals surface area contributed by atoms with E-state index in [9.17, 15) is 13.2 Å². The van der Waals surface area contributed by atoms with Crippen molar-refractivity contribution in [2.75, 3.05) is 50.5 Å². The number of hydrogen-bond donors (Lipinski definition) is 0. The molecule has 0 aliphatic carbocycles. The molecular weight excluding hydrogens is 470 g/mol. The van der Waals surface area contributed by atoms with E-state index in [0.29, 0.717) is 42.0 Å². The average molecular weight is 494 g/mol. The molecule has 0 spiro atoms. The first-order chi connectivity index (χ1) is 15.3. The van der Waals surface area contributed by atoms with E-state index in [1.807, 2.05) is 24.3 Å². The predicted octanol–water partition coefficient (Wildman–Crippen LogP) is 3.26. The second-order valence-electron chi connectivity index (χ2n) is 7.64. The number of para-hydroxylation sites is 1. The van der Waals surface area contributed by atoms with E-state index in [1.54, 1.807) is 23.1 Å². The molecule has 1 aromatic heterocycles. The fourth-order valence-corrected chi connectivity index (χ4v) is 5.76. The summed E-state index contributed by atoms with van der Waals surface area (Å²) in [6, 6.07) is 12.3. The molecule has 3 aromatic rings. The van der Waals surface area contributed by atoms with E-state index in [1.165, 1.54) is 17.6 Å². The number of benzene rings is 2. The number of halogens is 1. The lowest BCUT2D eigenvalue weighted by atomic mass is 10.1. The standard InChI is InChI=1S/C22H24ClN3O4S2/c1-32(28,29)19-8-4-7-18-21(19)24-22(31-18)26(10-9-25-11-13-30-14-12-25)20(27)15-16-5-2-3-6-17(16)23/h2-8H,9-15H2,1H3. The van der Waals surface area contributed by atoms with Crippen LogP contribution in [0.5, 0.6) is 0 Å². The Bertz CT molecular complexity index is 1220. The van der Waals surface area contributed by atoms with Gasteiger partial charge in [-0.25, -0.2) is 13.4 Å². The van der Waals surface area contributed by atoms with Crippen molar-refractivity contribution in [3.05, 3.63) is 53.1 Å². The number of anilines is 1. The van der Waals surface area contributed by atoms with Gasteiger partial charge in [0.2, 0.25) is 5.91 Å². The van der Waals surface area contributed by atoms with E-state index in [0.717, 1.165) is 23.4 Å². The number of thiazole rings is 1. The summed E-state index contributed by atoms with van der Waals surface area (Å²) in [5.74, 6) is -0.133. The number of amides is 1. The minimum absolute atomic E-state index is 0.133. The lowest BCUT2D eigenvalue weighted by Crippen LogP contribution is -2.43. The molecule has 0 bridgehead atoms. The highest BCUT2D eigenvalue weighted by atomic mass is 35.5. The van der Waals surface area contributed by atoms with Gasteiger partial charge in [-0.05, 0) is 23.8 Å². The van der Waals surface area contributed by atoms with Crippen LogP contribution in [0.3, 0.4) is 0 Å². The summed E-state index contributed by atoms with van der Waals surface area (Å²) >= 11 is 7.60. The van der Waals surface area contributed by atoms with Gasteiger partial charge in [-0.1, -0.05) is 47.2 Å². The van der Waals surface area contributed by atoms with Crippen LogP contribution in [0, 0.1) is 0 Å². The predicted molar refractivity (Wildman–Crippen MR) is 127 cm³/mol. The molecule has 0 atom stereocenters. The lowest BCUT2D eigenvalue weighted by Gasteiger charge is -2.29. The molecule has 1 fully saturated rings. The Morgan fingerprint density at radius 3 is 2.66 bits per heavy atom. The SMILES string of the molecule is CS(=O)(=O)c1cccc2sc(N(CCN3CCOCC3)C(=O)Cc3ccccc3Cl)nc12. The minimum atomic E-state index is -3.44. The van der Waals surface area contributed by atoms with E-state index in [-0.39, 0.29) is 17.2 Å². The van der Waals surface area contributed by atoms with Crippen molar-refractivity contribution >= 4 is 54.0 Å². The maximum Gasteiger partial charge on any atom is 0.233 e. The van der Waals surface area contributed by atoms with Gasteiger partial charge in [0.1, 0.15) is 5.52 Å². The maximum absolute atomic E-state index is 13.4. The molecule has 170 valence electrons. The number of ether oxygens (including phenoxy) is 1. The normalized spacial score (nSPS) is 15.2. The molecule has 1 aliphatic heterocycles. The maximum atomic E-state index is 13.4. The van der Waals surface area contributed by atoms with E-state index in [4.69, 9.17) is 16.3 Å². The van der Waals surface area contributed by atoms with Crippen LogP contribution in [0.1, 0.15) is 5.56 Å². The van der Waals surface area contributed by atoms with Gasteiger partial charge in [-0.3, -0.25) is 14.6 Å². The van der Waals surface area contributed by atoms with Crippen molar-refractivity contribution in [1.29, 1.82) is 0 Å². The van der Waals surface area contributed by atoms with Crippen molar-refractivity contribution in [3.8, 4) is 0 Å². The average Bonchev–Trinajstić information content (AvgIpc) is 3.19. The topological polar surface area (TPSA) is 79.8 Å². The largest absolute Gasteiger partial charge is 0.379 e. The van der Waals surface area contributed by atoms with Crippen LogP contribution in [-0.4, -0.2) is 69.9 Å². The number of hydrogen-bond acceptors (Lipinski definition) is 7. The molecule has 0 unspecified atom stereocenters. The number of carbonyl (C=O) groups is 1. The molecule has 32 heavy (non-hydrogen) atoms. The summed E-state index contributed by atoms with van der Waals surface area (Å²) in [5, 5.41) is 1.03. The Morgan fingerprint density at radius 2 is 1.94 bits per heavy atom. The molecule has 0 radical (unpaired) electrons. The van der Waals surface area contributed by atoms with Crippen molar-refractivity contribution in [1.82, 2.24) is 9.88 Å². The highest BCUT2D eigenvalue weighted by Gasteiger charge is 2.24. The number of carbonyl (C=O) groups excluding carboxylic acids is 1. The van der Waals surface area contributed by atoms with Gasteiger partial charge in [-0.2, -0.15) is 0 Å². The summed E-state index contributed by atoms with van der Waals surface area (Å²) in [6.45, 7) is 4.08. The van der Waals surface area contributed by atoms with Crippen LogP contribution in [0.15, 0.2) is 47.4 Å². The number of fused-ring (bicyclic) bond motifs is 1. The quantitative estimate of drug-likeness (QED) is 0.502. The molecule has 4 rings (SSSR count). The first-order valence-corrected chi connectivity index (χ1v) is 13.3. The van der Waals surface area contributed by atoms with Gasteiger partial charge < -0.3 is 4.74 Å². The third-order valence-electron chi connectivity index (χ3n) is 5.35. The Morgan fingerprint density at radius 1 is 1.19 bits per heavy atom. The van der Waals surface area contributed by atoms with Crippen molar-refractivity contribution in [2.45, 2.75) is 11.3 Å². The Labute approximate surface area is 196 Å². The second-order valence-corrected chi connectivity index (χ2v) is 11.0. The van der Waals surface area contributed by atoms with Gasteiger partial charge in [0.15, 0.2) is 15.0 Å². The van der Waals surface area contributed by atoms with Crippen LogP contribution in [0.4, 0.5) is 5.13 Å². The number of morpholine rings is 1. The summed E-state index contributed by atoms with van der Waals surface area (Å²) in [5.41, 5.74) is 1.14. The fourth-order valence-electron chi connectivity index (χ4n) is 3.62. The zero-order chi connectivity index (χ0) is 22.7. The Balaban J connectivity index is 1.66. The van der Waals surface area contributed by atoms with Crippen molar-refractivity contribution < 1.29 is 17.9 Å². The zero-order valence-electron chi connectivity index (χ0n) is 17.7. The van der Waals surface area contributed by atoms with Crippen molar-refractivity contribution in [2.24, 2.45) is 0 Å². The molecular formula is C22H24ClN3O4S2. The van der Waals surface area contributed by atoms with E-state index in [2.05, 4.69) is 9.88 Å². The van der Waals surface area contributed by atoms with Crippen LogP contribution >= 0.6 is 22.9 Å². The van der Waals surface area contributed by atoms with E-state index < -0.39 is 9.84 Å². The molecule has 1 aliphatic rings. The van der Waals surface area contributed by atoms with Crippen molar-refractivity contribution in [3.63, 3.8) is 0 Å². The highest BCUT2D eigenvalue weighted by Crippen LogP contribution is 2.33. The Hall–Kier alpha value is -2.04. The fraction of sp³-hybridized carbons (Fsp3) is 0.364. The number of sulfone groups is 1.